The molecule has 5 atom stereocenters. The molecule has 0 aromatic rings. The summed E-state index contributed by atoms with van der Waals surface area (Å²) in [5.74, 6) is -1.78. The summed E-state index contributed by atoms with van der Waals surface area (Å²) in [6.45, 7) is 0.855. The third-order valence-electron chi connectivity index (χ3n) is 2.77. The van der Waals surface area contributed by atoms with Gasteiger partial charge in [0.1, 0.15) is 18.3 Å². The zero-order chi connectivity index (χ0) is 14.1. The lowest BCUT2D eigenvalue weighted by Gasteiger charge is -2.41. The third kappa shape index (κ3) is 3.12. The molecule has 0 bridgehead atoms. The predicted molar refractivity (Wildman–Crippen MR) is 54.5 cm³/mol. The minimum Gasteiger partial charge on any atom is -0.394 e. The van der Waals surface area contributed by atoms with E-state index in [2.05, 4.69) is 5.73 Å². The highest BCUT2D eigenvalue weighted by Crippen LogP contribution is 2.21. The van der Waals surface area contributed by atoms with Crippen LogP contribution in [0, 0.1) is 0 Å². The van der Waals surface area contributed by atoms with Crippen LogP contribution >= 0.6 is 0 Å². The standard InChI is InChI=1S/C9H16F2N2O5/c1-3-5(13-8(17)9(10,11)12)7(16)6(15)4(2-14)18-3/h3-7,14-16H,2,12H2,1H3,(H,13,17). The summed E-state index contributed by atoms with van der Waals surface area (Å²) in [7, 11) is 0. The molecular weight excluding hydrogens is 254 g/mol. The molecule has 1 heterocycles. The van der Waals surface area contributed by atoms with Crippen molar-refractivity contribution in [2.45, 2.75) is 43.4 Å². The predicted octanol–water partition coefficient (Wildman–Crippen LogP) is -2.48. The van der Waals surface area contributed by atoms with Gasteiger partial charge in [0.2, 0.25) is 0 Å². The topological polar surface area (TPSA) is 125 Å². The molecule has 0 spiro atoms. The number of nitrogens with two attached hydrogens (primary N) is 1. The number of aliphatic hydroxyl groups excluding tert-OH is 3. The number of rotatable bonds is 3. The Morgan fingerprint density at radius 1 is 1.44 bits per heavy atom. The zero-order valence-corrected chi connectivity index (χ0v) is 9.59. The van der Waals surface area contributed by atoms with E-state index in [4.69, 9.17) is 9.84 Å². The molecule has 1 amide bonds. The fourth-order valence-electron chi connectivity index (χ4n) is 1.75. The van der Waals surface area contributed by atoms with Crippen LogP contribution in [-0.2, 0) is 9.53 Å². The fourth-order valence-corrected chi connectivity index (χ4v) is 1.75. The molecule has 18 heavy (non-hydrogen) atoms. The van der Waals surface area contributed by atoms with Crippen LogP contribution in [0.4, 0.5) is 8.78 Å². The van der Waals surface area contributed by atoms with Crippen molar-refractivity contribution >= 4 is 5.91 Å². The van der Waals surface area contributed by atoms with Crippen molar-refractivity contribution < 1.29 is 33.6 Å². The highest BCUT2D eigenvalue weighted by Gasteiger charge is 2.45. The van der Waals surface area contributed by atoms with Crippen LogP contribution in [0.5, 0.6) is 0 Å². The smallest absolute Gasteiger partial charge is 0.378 e. The lowest BCUT2D eigenvalue weighted by molar-refractivity contribution is -0.193. The van der Waals surface area contributed by atoms with Gasteiger partial charge in [-0.1, -0.05) is 0 Å². The summed E-state index contributed by atoms with van der Waals surface area (Å²) in [6.07, 6.45) is -4.95. The van der Waals surface area contributed by atoms with Gasteiger partial charge in [0.15, 0.2) is 0 Å². The molecule has 0 aromatic heterocycles. The number of alkyl halides is 2. The van der Waals surface area contributed by atoms with E-state index in [0.717, 1.165) is 0 Å². The molecule has 5 unspecified atom stereocenters. The summed E-state index contributed by atoms with van der Waals surface area (Å²) in [5.41, 5.74) is 4.30. The number of hydrogen-bond acceptors (Lipinski definition) is 6. The van der Waals surface area contributed by atoms with Gasteiger partial charge < -0.3 is 25.4 Å². The largest absolute Gasteiger partial charge is 0.394 e. The molecule has 1 rings (SSSR count). The molecular formula is C9H16F2N2O5. The second-order valence-corrected chi connectivity index (χ2v) is 4.17. The van der Waals surface area contributed by atoms with Crippen LogP contribution < -0.4 is 11.1 Å². The molecule has 1 fully saturated rings. The summed E-state index contributed by atoms with van der Waals surface area (Å²) in [4.78, 5) is 11.0. The number of hydrogen-bond donors (Lipinski definition) is 5. The molecule has 1 aliphatic heterocycles. The summed E-state index contributed by atoms with van der Waals surface area (Å²) >= 11 is 0. The number of halogens is 2. The van der Waals surface area contributed by atoms with Crippen molar-refractivity contribution in [2.75, 3.05) is 6.61 Å². The average molecular weight is 270 g/mol. The van der Waals surface area contributed by atoms with Gasteiger partial charge in [0.25, 0.3) is 0 Å². The van der Waals surface area contributed by atoms with Gasteiger partial charge in [-0.15, -0.1) is 0 Å². The van der Waals surface area contributed by atoms with Gasteiger partial charge in [-0.05, 0) is 6.92 Å². The molecule has 0 saturated carbocycles. The molecule has 1 saturated heterocycles. The lowest BCUT2D eigenvalue weighted by atomic mass is 9.93. The molecule has 1 aliphatic rings. The van der Waals surface area contributed by atoms with Crippen molar-refractivity contribution in [3.63, 3.8) is 0 Å². The first-order valence-electron chi connectivity index (χ1n) is 5.28. The van der Waals surface area contributed by atoms with Gasteiger partial charge in [0, 0.05) is 0 Å². The first-order chi connectivity index (χ1) is 8.18. The SMILES string of the molecule is CC1OC(CO)C(O)C(O)C1NC(=O)C(N)(F)F. The Kier molecular flexibility index (Phi) is 4.56. The van der Waals surface area contributed by atoms with Crippen molar-refractivity contribution in [1.29, 1.82) is 0 Å². The maximum absolute atomic E-state index is 12.5. The number of ether oxygens (including phenoxy) is 1. The Bertz CT molecular complexity index is 312. The van der Waals surface area contributed by atoms with Crippen molar-refractivity contribution in [3.05, 3.63) is 0 Å². The summed E-state index contributed by atoms with van der Waals surface area (Å²) in [5, 5.41) is 29.9. The summed E-state index contributed by atoms with van der Waals surface area (Å²) in [6, 6.07) is -5.33. The van der Waals surface area contributed by atoms with Crippen molar-refractivity contribution in [3.8, 4) is 0 Å². The molecule has 0 aromatic carbocycles. The Labute approximate surface area is 102 Å². The number of nitrogens with one attached hydrogen (secondary N) is 1. The zero-order valence-electron chi connectivity index (χ0n) is 9.59. The molecule has 106 valence electrons. The third-order valence-corrected chi connectivity index (χ3v) is 2.77. The van der Waals surface area contributed by atoms with E-state index >= 15 is 0 Å². The minimum absolute atomic E-state index is 0.545. The van der Waals surface area contributed by atoms with Gasteiger partial charge >= 0.3 is 12.0 Å². The van der Waals surface area contributed by atoms with Crippen molar-refractivity contribution in [1.82, 2.24) is 5.32 Å². The van der Waals surface area contributed by atoms with E-state index in [1.54, 1.807) is 5.32 Å². The van der Waals surface area contributed by atoms with E-state index in [9.17, 15) is 23.8 Å². The van der Waals surface area contributed by atoms with Crippen LogP contribution in [-0.4, -0.2) is 64.3 Å². The quantitative estimate of drug-likeness (QED) is 0.362. The second kappa shape index (κ2) is 5.41. The van der Waals surface area contributed by atoms with Gasteiger partial charge in [-0.25, -0.2) is 0 Å². The fraction of sp³-hybridized carbons (Fsp3) is 0.889. The van der Waals surface area contributed by atoms with E-state index in [1.165, 1.54) is 6.92 Å². The lowest BCUT2D eigenvalue weighted by Crippen LogP contribution is -2.65. The first kappa shape index (κ1) is 15.2. The van der Waals surface area contributed by atoms with E-state index in [1.807, 2.05) is 0 Å². The van der Waals surface area contributed by atoms with Crippen LogP contribution in [0.2, 0.25) is 0 Å². The van der Waals surface area contributed by atoms with Crippen molar-refractivity contribution in [2.24, 2.45) is 5.73 Å². The number of amides is 1. The van der Waals surface area contributed by atoms with Gasteiger partial charge in [-0.3, -0.25) is 10.5 Å². The Morgan fingerprint density at radius 2 is 2.00 bits per heavy atom. The number of aliphatic hydroxyl groups is 3. The van der Waals surface area contributed by atoms with Crippen LogP contribution in [0.25, 0.3) is 0 Å². The van der Waals surface area contributed by atoms with Crippen LogP contribution in [0.3, 0.4) is 0 Å². The number of carbonyl (C=O) groups is 1. The highest BCUT2D eigenvalue weighted by atomic mass is 19.3. The van der Waals surface area contributed by atoms with E-state index in [-0.39, 0.29) is 0 Å². The normalized spacial score (nSPS) is 37.4. The molecule has 0 radical (unpaired) electrons. The van der Waals surface area contributed by atoms with Crippen LogP contribution in [0.15, 0.2) is 0 Å². The van der Waals surface area contributed by atoms with Gasteiger partial charge in [0.05, 0.1) is 18.8 Å². The van der Waals surface area contributed by atoms with Crippen LogP contribution in [0.1, 0.15) is 6.92 Å². The Balaban J connectivity index is 2.74. The molecule has 0 aliphatic carbocycles. The number of carbonyl (C=O) groups excluding carboxylic acids is 1. The Hall–Kier alpha value is -0.870. The van der Waals surface area contributed by atoms with E-state index in [0.29, 0.717) is 0 Å². The molecule has 6 N–H and O–H groups in total. The maximum atomic E-state index is 12.5. The Morgan fingerprint density at radius 3 is 2.44 bits per heavy atom. The highest BCUT2D eigenvalue weighted by molar-refractivity contribution is 5.83. The minimum atomic E-state index is -4.09. The monoisotopic (exact) mass is 270 g/mol. The first-order valence-corrected chi connectivity index (χ1v) is 5.28. The summed E-state index contributed by atoms with van der Waals surface area (Å²) < 4.78 is 30.1. The molecule has 9 heteroatoms. The second-order valence-electron chi connectivity index (χ2n) is 4.17. The van der Waals surface area contributed by atoms with E-state index < -0.39 is 49.0 Å². The average Bonchev–Trinajstić information content (AvgIpc) is 2.27. The van der Waals surface area contributed by atoms with Gasteiger partial charge in [-0.2, -0.15) is 8.78 Å². The molecule has 7 nitrogen and oxygen atoms in total. The maximum Gasteiger partial charge on any atom is 0.378 e.